The Kier molecular flexibility index (Phi) is 14.3. The highest BCUT2D eigenvalue weighted by Gasteiger charge is 2.52. The molecule has 0 aromatic carbocycles. The van der Waals surface area contributed by atoms with Crippen molar-refractivity contribution >= 4 is 17.9 Å². The van der Waals surface area contributed by atoms with Gasteiger partial charge in [0.1, 0.15) is 6.10 Å². The highest BCUT2D eigenvalue weighted by molar-refractivity contribution is 5.73. The summed E-state index contributed by atoms with van der Waals surface area (Å²) >= 11 is 0. The Balaban J connectivity index is 2.95. The molecule has 0 aromatic rings. The average molecular weight is 489 g/mol. The first-order valence-electron chi connectivity index (χ1n) is 12.7. The molecule has 9 heteroatoms. The van der Waals surface area contributed by atoms with Crippen molar-refractivity contribution in [3.8, 4) is 0 Å². The van der Waals surface area contributed by atoms with Crippen molar-refractivity contribution in [3.05, 3.63) is 0 Å². The van der Waals surface area contributed by atoms with Crippen LogP contribution in [-0.4, -0.2) is 65.4 Å². The number of carbonyl (C=O) groups is 3. The van der Waals surface area contributed by atoms with E-state index in [9.17, 15) is 24.6 Å². The van der Waals surface area contributed by atoms with Crippen LogP contribution < -0.4 is 0 Å². The van der Waals surface area contributed by atoms with E-state index in [0.29, 0.717) is 12.8 Å². The summed E-state index contributed by atoms with van der Waals surface area (Å²) in [6, 6.07) is 0. The van der Waals surface area contributed by atoms with Crippen molar-refractivity contribution in [1.82, 2.24) is 0 Å². The fourth-order valence-corrected chi connectivity index (χ4v) is 3.57. The lowest BCUT2D eigenvalue weighted by Crippen LogP contribution is -2.62. The van der Waals surface area contributed by atoms with Crippen molar-refractivity contribution in [2.75, 3.05) is 6.61 Å². The van der Waals surface area contributed by atoms with Crippen LogP contribution in [0.3, 0.4) is 0 Å². The van der Waals surface area contributed by atoms with Gasteiger partial charge in [0.2, 0.25) is 0 Å². The molecular formula is C25H44O9. The maximum atomic E-state index is 12.6. The molecule has 34 heavy (non-hydrogen) atoms. The molecular weight excluding hydrogens is 444 g/mol. The molecule has 1 fully saturated rings. The molecule has 0 saturated carbocycles. The van der Waals surface area contributed by atoms with Gasteiger partial charge in [0.15, 0.2) is 24.6 Å². The second-order valence-corrected chi connectivity index (χ2v) is 9.34. The van der Waals surface area contributed by atoms with Crippen molar-refractivity contribution in [3.63, 3.8) is 0 Å². The van der Waals surface area contributed by atoms with E-state index in [1.807, 2.05) is 6.92 Å². The van der Waals surface area contributed by atoms with Crippen molar-refractivity contribution in [1.29, 1.82) is 0 Å². The summed E-state index contributed by atoms with van der Waals surface area (Å²) in [6.07, 6.45) is 1.11. The SMILES string of the molecule is CCCCCCCCCC(=O)O[C@H]1[C@H](OC(=O)C(C)C)[C@@H](CO)OC(O)[C@@H]1OC(=O)C(C)CC. The van der Waals surface area contributed by atoms with Crippen LogP contribution in [0.15, 0.2) is 0 Å². The standard InChI is InChI=1S/C25H44O9/c1-6-8-9-10-11-12-13-14-19(27)32-21-20(33-23(28)16(3)4)18(15-26)31-25(30)22(21)34-24(29)17(5)7-2/h16-18,20-22,25-26,30H,6-15H2,1-5H3/t17?,18-,20-,21+,22-,25?/m1/s1. The lowest BCUT2D eigenvalue weighted by atomic mass is 9.97. The molecule has 0 bridgehead atoms. The second kappa shape index (κ2) is 16.1. The Hall–Kier alpha value is -1.71. The van der Waals surface area contributed by atoms with Gasteiger partial charge in [0.25, 0.3) is 0 Å². The largest absolute Gasteiger partial charge is 0.455 e. The van der Waals surface area contributed by atoms with Crippen LogP contribution in [0.4, 0.5) is 0 Å². The lowest BCUT2D eigenvalue weighted by Gasteiger charge is -2.43. The van der Waals surface area contributed by atoms with Gasteiger partial charge in [-0.3, -0.25) is 14.4 Å². The number of aliphatic hydroxyl groups excluding tert-OH is 2. The van der Waals surface area contributed by atoms with E-state index in [4.69, 9.17) is 18.9 Å². The van der Waals surface area contributed by atoms with Crippen LogP contribution in [0.5, 0.6) is 0 Å². The quantitative estimate of drug-likeness (QED) is 0.203. The first-order chi connectivity index (χ1) is 16.2. The number of ether oxygens (including phenoxy) is 4. The molecule has 9 nitrogen and oxygen atoms in total. The molecule has 0 aliphatic carbocycles. The molecule has 1 aliphatic heterocycles. The van der Waals surface area contributed by atoms with Crippen LogP contribution in [-0.2, 0) is 33.3 Å². The van der Waals surface area contributed by atoms with E-state index >= 15 is 0 Å². The summed E-state index contributed by atoms with van der Waals surface area (Å²) < 4.78 is 21.9. The monoisotopic (exact) mass is 488 g/mol. The molecule has 1 saturated heterocycles. The van der Waals surface area contributed by atoms with Crippen LogP contribution >= 0.6 is 0 Å². The molecule has 6 atom stereocenters. The first kappa shape index (κ1) is 30.3. The maximum Gasteiger partial charge on any atom is 0.309 e. The number of esters is 3. The molecule has 2 unspecified atom stereocenters. The zero-order valence-electron chi connectivity index (χ0n) is 21.4. The van der Waals surface area contributed by atoms with Crippen molar-refractivity contribution < 1.29 is 43.5 Å². The number of unbranched alkanes of at least 4 members (excludes halogenated alkanes) is 6. The third kappa shape index (κ3) is 9.88. The van der Waals surface area contributed by atoms with Gasteiger partial charge in [0.05, 0.1) is 18.4 Å². The van der Waals surface area contributed by atoms with E-state index in [1.54, 1.807) is 20.8 Å². The molecule has 1 rings (SSSR count). The Morgan fingerprint density at radius 1 is 0.824 bits per heavy atom. The number of aliphatic hydroxyl groups is 2. The summed E-state index contributed by atoms with van der Waals surface area (Å²) in [7, 11) is 0. The lowest BCUT2D eigenvalue weighted by molar-refractivity contribution is -0.297. The number of hydrogen-bond acceptors (Lipinski definition) is 9. The van der Waals surface area contributed by atoms with Gasteiger partial charge in [-0.25, -0.2) is 0 Å². The fraction of sp³-hybridized carbons (Fsp3) is 0.880. The minimum Gasteiger partial charge on any atom is -0.455 e. The van der Waals surface area contributed by atoms with Gasteiger partial charge in [-0.15, -0.1) is 0 Å². The van der Waals surface area contributed by atoms with Gasteiger partial charge in [-0.1, -0.05) is 73.1 Å². The fourth-order valence-electron chi connectivity index (χ4n) is 3.57. The van der Waals surface area contributed by atoms with Gasteiger partial charge < -0.3 is 29.2 Å². The summed E-state index contributed by atoms with van der Waals surface area (Å²) in [5, 5.41) is 20.3. The summed E-state index contributed by atoms with van der Waals surface area (Å²) in [6.45, 7) is 8.32. The molecule has 1 heterocycles. The first-order valence-corrected chi connectivity index (χ1v) is 12.7. The Morgan fingerprint density at radius 2 is 1.41 bits per heavy atom. The summed E-state index contributed by atoms with van der Waals surface area (Å²) in [5.74, 6) is -2.69. The van der Waals surface area contributed by atoms with Gasteiger partial charge in [-0.2, -0.15) is 0 Å². The Morgan fingerprint density at radius 3 is 1.97 bits per heavy atom. The molecule has 198 valence electrons. The van der Waals surface area contributed by atoms with E-state index in [0.717, 1.165) is 19.3 Å². The van der Waals surface area contributed by atoms with Crippen LogP contribution in [0.2, 0.25) is 0 Å². The second-order valence-electron chi connectivity index (χ2n) is 9.34. The van der Waals surface area contributed by atoms with E-state index < -0.39 is 67.1 Å². The van der Waals surface area contributed by atoms with Gasteiger partial charge in [0, 0.05) is 6.42 Å². The molecule has 2 N–H and O–H groups in total. The molecule has 0 aromatic heterocycles. The van der Waals surface area contributed by atoms with Crippen molar-refractivity contribution in [2.45, 2.75) is 123 Å². The third-order valence-corrected chi connectivity index (χ3v) is 6.03. The topological polar surface area (TPSA) is 129 Å². The minimum atomic E-state index is -1.66. The van der Waals surface area contributed by atoms with Crippen LogP contribution in [0.25, 0.3) is 0 Å². The average Bonchev–Trinajstić information content (AvgIpc) is 2.81. The molecule has 0 amide bonds. The highest BCUT2D eigenvalue weighted by atomic mass is 16.7. The molecule has 0 spiro atoms. The third-order valence-electron chi connectivity index (χ3n) is 6.03. The summed E-state index contributed by atoms with van der Waals surface area (Å²) in [5.41, 5.74) is 0. The van der Waals surface area contributed by atoms with E-state index in [1.165, 1.54) is 19.3 Å². The van der Waals surface area contributed by atoms with Gasteiger partial charge in [-0.05, 0) is 12.8 Å². The van der Waals surface area contributed by atoms with Crippen LogP contribution in [0, 0.1) is 11.8 Å². The predicted octanol–water partition coefficient (Wildman–Crippen LogP) is 3.27. The van der Waals surface area contributed by atoms with Gasteiger partial charge >= 0.3 is 17.9 Å². The zero-order valence-corrected chi connectivity index (χ0v) is 21.4. The normalized spacial score (nSPS) is 25.6. The smallest absolute Gasteiger partial charge is 0.309 e. The summed E-state index contributed by atoms with van der Waals surface area (Å²) in [4.78, 5) is 37.4. The number of hydrogen-bond donors (Lipinski definition) is 2. The molecule has 1 aliphatic rings. The molecule has 0 radical (unpaired) electrons. The van der Waals surface area contributed by atoms with E-state index in [2.05, 4.69) is 6.92 Å². The van der Waals surface area contributed by atoms with Crippen molar-refractivity contribution in [2.24, 2.45) is 11.8 Å². The van der Waals surface area contributed by atoms with Crippen LogP contribution in [0.1, 0.15) is 92.4 Å². The minimum absolute atomic E-state index is 0.141. The highest BCUT2D eigenvalue weighted by Crippen LogP contribution is 2.29. The predicted molar refractivity (Wildman–Crippen MR) is 125 cm³/mol. The number of carbonyl (C=O) groups excluding carboxylic acids is 3. The maximum absolute atomic E-state index is 12.6. The zero-order chi connectivity index (χ0) is 25.7. The number of rotatable bonds is 15. The van der Waals surface area contributed by atoms with E-state index in [-0.39, 0.29) is 6.42 Å². The Bertz CT molecular complexity index is 622. The Labute approximate surface area is 203 Å².